The molecule has 74 valence electrons. The molecule has 0 radical (unpaired) electrons. The molecule has 0 aromatic carbocycles. The van der Waals surface area contributed by atoms with Gasteiger partial charge in [-0.3, -0.25) is 0 Å². The normalized spacial score (nSPS) is 9.80. The summed E-state index contributed by atoms with van der Waals surface area (Å²) in [7, 11) is 0. The van der Waals surface area contributed by atoms with Crippen LogP contribution in [0.3, 0.4) is 0 Å². The smallest absolute Gasteiger partial charge is 0.199 e. The number of nitrogens with two attached hydrogens (primary N) is 1. The Bertz CT molecular complexity index is 579. The highest BCUT2D eigenvalue weighted by molar-refractivity contribution is 7.71. The standard InChI is InChI=1S/C9H6N4OS/c10-4-5-7(6-2-1-3-14-6)12-9(15)13-8(5)11/h1-3H,(H3,11,12,13,15). The zero-order chi connectivity index (χ0) is 10.8. The SMILES string of the molecule is N#Cc1c(N)nc(=S)[nH]c1-c1ccco1. The molecule has 0 saturated carbocycles. The van der Waals surface area contributed by atoms with E-state index in [9.17, 15) is 0 Å². The van der Waals surface area contributed by atoms with E-state index in [4.69, 9.17) is 27.6 Å². The molecule has 5 nitrogen and oxygen atoms in total. The minimum Gasteiger partial charge on any atom is -0.463 e. The molecule has 0 unspecified atom stereocenters. The predicted molar refractivity (Wildman–Crippen MR) is 56.3 cm³/mol. The van der Waals surface area contributed by atoms with Gasteiger partial charge in [0.25, 0.3) is 0 Å². The minimum atomic E-state index is 0.104. The first kappa shape index (κ1) is 9.43. The lowest BCUT2D eigenvalue weighted by molar-refractivity contribution is 0.579. The number of nitrogens with zero attached hydrogens (tertiary/aromatic N) is 2. The van der Waals surface area contributed by atoms with Crippen molar-refractivity contribution in [3.8, 4) is 17.5 Å². The minimum absolute atomic E-state index is 0.104. The summed E-state index contributed by atoms with van der Waals surface area (Å²) in [5.74, 6) is 0.611. The molecule has 0 amide bonds. The van der Waals surface area contributed by atoms with Gasteiger partial charge >= 0.3 is 0 Å². The summed E-state index contributed by atoms with van der Waals surface area (Å²) < 4.78 is 5.38. The number of nitriles is 1. The summed E-state index contributed by atoms with van der Waals surface area (Å²) in [6, 6.07) is 5.38. The van der Waals surface area contributed by atoms with Gasteiger partial charge in [0.15, 0.2) is 10.5 Å². The fourth-order valence-corrected chi connectivity index (χ4v) is 1.41. The largest absolute Gasteiger partial charge is 0.463 e. The average molecular weight is 218 g/mol. The highest BCUT2D eigenvalue weighted by atomic mass is 32.1. The number of rotatable bonds is 1. The van der Waals surface area contributed by atoms with E-state index in [0.717, 1.165) is 0 Å². The van der Waals surface area contributed by atoms with Crippen LogP contribution in [0.15, 0.2) is 22.8 Å². The molecule has 3 N–H and O–H groups in total. The number of furan rings is 1. The Morgan fingerprint density at radius 3 is 3.00 bits per heavy atom. The molecule has 15 heavy (non-hydrogen) atoms. The van der Waals surface area contributed by atoms with Crippen molar-refractivity contribution in [2.75, 3.05) is 5.73 Å². The van der Waals surface area contributed by atoms with Gasteiger partial charge in [-0.2, -0.15) is 5.26 Å². The van der Waals surface area contributed by atoms with E-state index >= 15 is 0 Å². The first-order valence-corrected chi connectivity index (χ1v) is 4.47. The van der Waals surface area contributed by atoms with Crippen LogP contribution in [0.5, 0.6) is 0 Å². The second-order valence-electron chi connectivity index (χ2n) is 2.77. The summed E-state index contributed by atoms with van der Waals surface area (Å²) in [6.07, 6.45) is 1.50. The first-order chi connectivity index (χ1) is 7.22. The molecule has 0 fully saturated rings. The van der Waals surface area contributed by atoms with Crippen molar-refractivity contribution < 1.29 is 4.42 Å². The van der Waals surface area contributed by atoms with Crippen LogP contribution in [-0.2, 0) is 0 Å². The molecule has 2 aromatic heterocycles. The average Bonchev–Trinajstić information content (AvgIpc) is 2.69. The van der Waals surface area contributed by atoms with Gasteiger partial charge in [0, 0.05) is 0 Å². The van der Waals surface area contributed by atoms with Crippen LogP contribution in [0.2, 0.25) is 0 Å². The third kappa shape index (κ3) is 1.60. The summed E-state index contributed by atoms with van der Waals surface area (Å²) in [4.78, 5) is 6.57. The second-order valence-corrected chi connectivity index (χ2v) is 3.15. The molecule has 0 aliphatic heterocycles. The van der Waals surface area contributed by atoms with Crippen molar-refractivity contribution in [3.05, 3.63) is 28.7 Å². The third-order valence-electron chi connectivity index (χ3n) is 1.84. The van der Waals surface area contributed by atoms with Gasteiger partial charge in [-0.1, -0.05) is 0 Å². The topological polar surface area (TPSA) is 91.6 Å². The zero-order valence-electron chi connectivity index (χ0n) is 7.52. The van der Waals surface area contributed by atoms with Crippen LogP contribution >= 0.6 is 12.2 Å². The number of aromatic nitrogens is 2. The zero-order valence-corrected chi connectivity index (χ0v) is 8.34. The van der Waals surface area contributed by atoms with Gasteiger partial charge in [-0.15, -0.1) is 0 Å². The van der Waals surface area contributed by atoms with Crippen LogP contribution in [-0.4, -0.2) is 9.97 Å². The van der Waals surface area contributed by atoms with Crippen LogP contribution in [0.1, 0.15) is 5.56 Å². The van der Waals surface area contributed by atoms with Crippen molar-refractivity contribution >= 4 is 18.0 Å². The Kier molecular flexibility index (Phi) is 2.23. The second kappa shape index (κ2) is 3.55. The number of nitrogens with one attached hydrogen (secondary N) is 1. The first-order valence-electron chi connectivity index (χ1n) is 4.06. The van der Waals surface area contributed by atoms with E-state index < -0.39 is 0 Å². The molecule has 0 atom stereocenters. The maximum atomic E-state index is 8.92. The number of hydrogen-bond acceptors (Lipinski definition) is 5. The van der Waals surface area contributed by atoms with E-state index in [2.05, 4.69) is 9.97 Å². The van der Waals surface area contributed by atoms with Crippen molar-refractivity contribution in [3.63, 3.8) is 0 Å². The molecule has 6 heteroatoms. The Hall–Kier alpha value is -2.13. The fraction of sp³-hybridized carbons (Fsp3) is 0. The number of nitrogen functional groups attached to an aromatic ring is 1. The van der Waals surface area contributed by atoms with Crippen LogP contribution < -0.4 is 5.73 Å². The van der Waals surface area contributed by atoms with Gasteiger partial charge in [0.2, 0.25) is 0 Å². The van der Waals surface area contributed by atoms with E-state index in [0.29, 0.717) is 11.5 Å². The number of aromatic amines is 1. The molecular formula is C9H6N4OS. The predicted octanol–water partition coefficient (Wildman–Crippen LogP) is 1.85. The molecule has 0 aliphatic rings. The van der Waals surface area contributed by atoms with Gasteiger partial charge in [0.1, 0.15) is 23.1 Å². The summed E-state index contributed by atoms with van der Waals surface area (Å²) in [5, 5.41) is 8.92. The summed E-state index contributed by atoms with van der Waals surface area (Å²) in [6.45, 7) is 0. The van der Waals surface area contributed by atoms with Crippen LogP contribution in [0.4, 0.5) is 5.82 Å². The molecule has 2 rings (SSSR count). The maximum Gasteiger partial charge on any atom is 0.199 e. The number of hydrogen-bond donors (Lipinski definition) is 2. The van der Waals surface area contributed by atoms with Crippen molar-refractivity contribution in [1.82, 2.24) is 9.97 Å². The lowest BCUT2D eigenvalue weighted by atomic mass is 10.2. The molecular weight excluding hydrogens is 212 g/mol. The third-order valence-corrected chi connectivity index (χ3v) is 2.03. The Balaban J connectivity index is 2.77. The number of anilines is 1. The molecule has 0 bridgehead atoms. The molecule has 0 spiro atoms. The van der Waals surface area contributed by atoms with Gasteiger partial charge < -0.3 is 15.1 Å². The lowest BCUT2D eigenvalue weighted by Gasteiger charge is -2.02. The van der Waals surface area contributed by atoms with Gasteiger partial charge in [0.05, 0.1) is 6.26 Å². The molecule has 2 aromatic rings. The molecule has 2 heterocycles. The highest BCUT2D eigenvalue weighted by Crippen LogP contribution is 2.23. The van der Waals surface area contributed by atoms with Gasteiger partial charge in [-0.25, -0.2) is 4.98 Å². The molecule has 0 aliphatic carbocycles. The highest BCUT2D eigenvalue weighted by Gasteiger charge is 2.12. The Morgan fingerprint density at radius 1 is 1.60 bits per heavy atom. The van der Waals surface area contributed by atoms with E-state index in [1.54, 1.807) is 12.1 Å². The summed E-state index contributed by atoms with van der Waals surface area (Å²) in [5.41, 5.74) is 6.27. The fourth-order valence-electron chi connectivity index (χ4n) is 1.21. The van der Waals surface area contributed by atoms with Crippen LogP contribution in [0.25, 0.3) is 11.5 Å². The Labute approximate surface area is 90.2 Å². The summed E-state index contributed by atoms with van der Waals surface area (Å²) >= 11 is 4.87. The monoisotopic (exact) mass is 218 g/mol. The van der Waals surface area contributed by atoms with E-state index in [1.165, 1.54) is 6.26 Å². The quantitative estimate of drug-likeness (QED) is 0.712. The number of H-pyrrole nitrogens is 1. The Morgan fingerprint density at radius 2 is 2.40 bits per heavy atom. The lowest BCUT2D eigenvalue weighted by Crippen LogP contribution is -2.00. The van der Waals surface area contributed by atoms with Crippen LogP contribution in [0, 0.1) is 16.1 Å². The van der Waals surface area contributed by atoms with E-state index in [1.807, 2.05) is 6.07 Å². The van der Waals surface area contributed by atoms with Crippen molar-refractivity contribution in [2.24, 2.45) is 0 Å². The van der Waals surface area contributed by atoms with E-state index in [-0.39, 0.29) is 16.2 Å². The molecule has 0 saturated heterocycles. The van der Waals surface area contributed by atoms with Crippen molar-refractivity contribution in [2.45, 2.75) is 0 Å². The van der Waals surface area contributed by atoms with Gasteiger partial charge in [-0.05, 0) is 24.4 Å². The maximum absolute atomic E-state index is 8.92. The van der Waals surface area contributed by atoms with Crippen molar-refractivity contribution in [1.29, 1.82) is 5.26 Å².